The molecule has 0 radical (unpaired) electrons. The van der Waals surface area contributed by atoms with Crippen molar-refractivity contribution in [1.29, 1.82) is 0 Å². The molecule has 10 atom stereocenters. The number of hydrogen-bond acceptors (Lipinski definition) is 11. The van der Waals surface area contributed by atoms with Crippen LogP contribution < -0.4 is 5.82 Å². The van der Waals surface area contributed by atoms with Crippen LogP contribution in [0.25, 0.3) is 0 Å². The van der Waals surface area contributed by atoms with Gasteiger partial charge in [0.05, 0.1) is 11.5 Å². The molecule has 8 rings (SSSR count). The Labute approximate surface area is 370 Å². The Balaban J connectivity index is 1.12. The Morgan fingerprint density at radius 3 is 2.00 bits per heavy atom. The number of esters is 2. The maximum Gasteiger partial charge on any atom is 0.519 e. The van der Waals surface area contributed by atoms with Crippen LogP contribution >= 0.6 is 0 Å². The smallest absolute Gasteiger partial charge is 0.457 e. The lowest BCUT2D eigenvalue weighted by molar-refractivity contribution is -0.220. The number of ether oxygens (including phenoxy) is 4. The highest BCUT2D eigenvalue weighted by Gasteiger charge is 2.72. The number of fused-ring (bicyclic) bond motifs is 7. The molecular formula is C52H64O11. The van der Waals surface area contributed by atoms with Crippen molar-refractivity contribution in [3.8, 4) is 0 Å². The van der Waals surface area contributed by atoms with Crippen LogP contribution in [0, 0.1) is 57.2 Å². The fourth-order valence-corrected chi connectivity index (χ4v) is 13.4. The lowest BCUT2D eigenvalue weighted by Gasteiger charge is -2.70. The summed E-state index contributed by atoms with van der Waals surface area (Å²) in [6, 6.07) is 19.8. The molecule has 11 heteroatoms. The molecule has 1 heterocycles. The fraction of sp³-hybridized carbons (Fsp3) is 0.596. The summed E-state index contributed by atoms with van der Waals surface area (Å²) in [5.41, 5.74) is -0.797. The molecule has 0 N–H and O–H groups in total. The molecule has 0 saturated heterocycles. The number of carbonyl (C=O) groups is 4. The third-order valence-electron chi connectivity index (χ3n) is 17.3. The normalized spacial score (nSPS) is 35.9. The molecule has 4 saturated carbocycles. The fourth-order valence-electron chi connectivity index (χ4n) is 13.4. The Morgan fingerprint density at radius 2 is 1.40 bits per heavy atom. The third kappa shape index (κ3) is 7.29. The van der Waals surface area contributed by atoms with Crippen molar-refractivity contribution >= 4 is 23.9 Å². The van der Waals surface area contributed by atoms with Gasteiger partial charge in [-0.3, -0.25) is 14.4 Å². The molecule has 3 aromatic rings. The first-order valence-electron chi connectivity index (χ1n) is 22.9. The van der Waals surface area contributed by atoms with Gasteiger partial charge in [-0.1, -0.05) is 93.9 Å². The highest BCUT2D eigenvalue weighted by molar-refractivity contribution is 5.96. The van der Waals surface area contributed by atoms with E-state index >= 15 is 4.79 Å². The highest BCUT2D eigenvalue weighted by Crippen LogP contribution is 2.75. The van der Waals surface area contributed by atoms with Crippen LogP contribution in [0.3, 0.4) is 0 Å². The van der Waals surface area contributed by atoms with Crippen molar-refractivity contribution < 1.29 is 47.0 Å². The zero-order valence-electron chi connectivity index (χ0n) is 38.4. The van der Waals surface area contributed by atoms with E-state index in [0.29, 0.717) is 38.5 Å². The number of carbonyl (C=O) groups excluding carboxylic acids is 4. The minimum atomic E-state index is -1.37. The van der Waals surface area contributed by atoms with Crippen LogP contribution in [-0.2, 0) is 39.9 Å². The number of hydrogen-bond donors (Lipinski definition) is 0. The van der Waals surface area contributed by atoms with Crippen LogP contribution in [0.1, 0.15) is 142 Å². The zero-order valence-corrected chi connectivity index (χ0v) is 38.4. The van der Waals surface area contributed by atoms with Crippen LogP contribution in [0.2, 0.25) is 0 Å². The van der Waals surface area contributed by atoms with Gasteiger partial charge in [0.25, 0.3) is 0 Å². The summed E-state index contributed by atoms with van der Waals surface area (Å²) >= 11 is 0. The van der Waals surface area contributed by atoms with E-state index < -0.39 is 69.8 Å². The molecule has 63 heavy (non-hydrogen) atoms. The maximum absolute atomic E-state index is 15.3. The first kappa shape index (κ1) is 44.7. The second kappa shape index (κ2) is 15.9. The van der Waals surface area contributed by atoms with Crippen LogP contribution in [0.5, 0.6) is 0 Å². The van der Waals surface area contributed by atoms with Gasteiger partial charge in [0, 0.05) is 5.92 Å². The molecule has 0 spiro atoms. The molecule has 4 fully saturated rings. The summed E-state index contributed by atoms with van der Waals surface area (Å²) in [7, 11) is 0. The monoisotopic (exact) mass is 864 g/mol. The lowest BCUT2D eigenvalue weighted by atomic mass is 9.33. The predicted octanol–water partition coefficient (Wildman–Crippen LogP) is 10.8. The first-order valence-corrected chi connectivity index (χ1v) is 22.9. The number of rotatable bonds is 9. The predicted molar refractivity (Wildman–Crippen MR) is 233 cm³/mol. The van der Waals surface area contributed by atoms with Gasteiger partial charge in [0.1, 0.15) is 11.5 Å². The van der Waals surface area contributed by atoms with E-state index in [1.54, 1.807) is 27.7 Å². The molecule has 5 aliphatic rings. The summed E-state index contributed by atoms with van der Waals surface area (Å²) in [5, 5.41) is 0. The zero-order chi connectivity index (χ0) is 45.3. The minimum absolute atomic E-state index is 0.00974. The van der Waals surface area contributed by atoms with Crippen LogP contribution in [0.15, 0.2) is 85.9 Å². The molecular weight excluding hydrogens is 801 g/mol. The molecule has 0 bridgehead atoms. The molecule has 338 valence electrons. The van der Waals surface area contributed by atoms with Gasteiger partial charge in [0.2, 0.25) is 0 Å². The van der Waals surface area contributed by atoms with E-state index in [0.717, 1.165) is 36.0 Å². The Morgan fingerprint density at radius 1 is 0.762 bits per heavy atom. The number of benzene rings is 2. The third-order valence-corrected chi connectivity index (χ3v) is 17.3. The average Bonchev–Trinajstić information content (AvgIpc) is 3.57. The highest BCUT2D eigenvalue weighted by atomic mass is 16.7. The lowest BCUT2D eigenvalue weighted by Crippen LogP contribution is -2.68. The van der Waals surface area contributed by atoms with Crippen molar-refractivity contribution in [2.24, 2.45) is 50.2 Å². The summed E-state index contributed by atoms with van der Waals surface area (Å²) < 4.78 is 34.0. The van der Waals surface area contributed by atoms with E-state index in [-0.39, 0.29) is 46.6 Å². The Kier molecular flexibility index (Phi) is 11.3. The van der Waals surface area contributed by atoms with Crippen LogP contribution in [0.4, 0.5) is 4.79 Å². The van der Waals surface area contributed by atoms with E-state index in [1.165, 1.54) is 0 Å². The number of ketones is 1. The van der Waals surface area contributed by atoms with E-state index in [2.05, 4.69) is 34.6 Å². The Hall–Kier alpha value is -4.93. The summed E-state index contributed by atoms with van der Waals surface area (Å²) in [6.45, 7) is 17.6. The van der Waals surface area contributed by atoms with Crippen molar-refractivity contribution in [2.45, 2.75) is 145 Å². The Bertz CT molecular complexity index is 2300. The first-order chi connectivity index (χ1) is 29.7. The van der Waals surface area contributed by atoms with Gasteiger partial charge >= 0.3 is 23.9 Å². The standard InChI is InChI=1S/C52H64O11/c1-31(2)59-45(56)62-40-21-22-49(6)39(52(40,9)44(55)58-30-38-32(3)60-46(57)61-38)20-23-51(8)42(49)37(53)28-35-36-29-48(5,25-24-47(36,4)26-27-50(35,51)7)43(54)63-41(33-16-12-10-13-17-33)34-18-14-11-15-19-34/h10-19,28,31,36,39-42H,20-27,29-30H2,1-9H3/t36-,39?,40-,42+,47+,48-,49-,50+,51+,52-/m0/s1. The molecule has 5 aliphatic carbocycles. The molecule has 1 unspecified atom stereocenters. The summed E-state index contributed by atoms with van der Waals surface area (Å²) in [6.07, 6.45) is 5.27. The topological polar surface area (TPSA) is 149 Å². The SMILES string of the molecule is Cc1oc(=O)oc1COC(=O)[C@@]1(C)C2CC[C@]3(C)[C@H](C(=O)C=C4[C@@H]5C[C@@](C)(C(=O)OC(c6ccccc6)c6ccccc6)CC[C@]5(C)CC[C@]43C)[C@@]2(C)CC[C@@H]1OC(=O)OC(C)C. The summed E-state index contributed by atoms with van der Waals surface area (Å²) in [5.74, 6) is -2.23. The number of allylic oxidation sites excluding steroid dienone is 2. The molecule has 1 aromatic heterocycles. The molecule has 0 aliphatic heterocycles. The van der Waals surface area contributed by atoms with Crippen LogP contribution in [-0.4, -0.2) is 36.1 Å². The van der Waals surface area contributed by atoms with Gasteiger partial charge in [-0.25, -0.2) is 9.59 Å². The average molecular weight is 865 g/mol. The van der Waals surface area contributed by atoms with E-state index in [1.807, 2.05) is 66.7 Å². The summed E-state index contributed by atoms with van der Waals surface area (Å²) in [4.78, 5) is 69.5. The minimum Gasteiger partial charge on any atom is -0.457 e. The van der Waals surface area contributed by atoms with Gasteiger partial charge in [0.15, 0.2) is 30.0 Å². The van der Waals surface area contributed by atoms with E-state index in [4.69, 9.17) is 27.8 Å². The quantitative estimate of drug-likeness (QED) is 0.149. The van der Waals surface area contributed by atoms with Gasteiger partial charge < -0.3 is 27.8 Å². The van der Waals surface area contributed by atoms with Gasteiger partial charge in [-0.15, -0.1) is 0 Å². The second-order valence-electron chi connectivity index (χ2n) is 21.2. The van der Waals surface area contributed by atoms with Gasteiger partial charge in [-0.2, -0.15) is 0 Å². The van der Waals surface area contributed by atoms with Crippen molar-refractivity contribution in [3.63, 3.8) is 0 Å². The number of aryl methyl sites for hydroxylation is 1. The molecule has 2 aromatic carbocycles. The van der Waals surface area contributed by atoms with E-state index in [9.17, 15) is 19.2 Å². The van der Waals surface area contributed by atoms with Gasteiger partial charge in [-0.05, 0) is 143 Å². The van der Waals surface area contributed by atoms with Crippen molar-refractivity contribution in [3.05, 3.63) is 106 Å². The molecule has 0 amide bonds. The largest absolute Gasteiger partial charge is 0.519 e. The maximum atomic E-state index is 15.3. The molecule has 11 nitrogen and oxygen atoms in total. The second-order valence-corrected chi connectivity index (χ2v) is 21.2. The van der Waals surface area contributed by atoms with Crippen molar-refractivity contribution in [1.82, 2.24) is 0 Å². The van der Waals surface area contributed by atoms with Crippen molar-refractivity contribution in [2.75, 3.05) is 0 Å².